The maximum atomic E-state index is 5.32. The normalized spacial score (nSPS) is 19.2. The van der Waals surface area contributed by atoms with E-state index < -0.39 is 8.24 Å². The van der Waals surface area contributed by atoms with Crippen molar-refractivity contribution in [1.29, 1.82) is 0 Å². The molecule has 1 saturated heterocycles. The molecule has 1 aromatic rings. The highest BCUT2D eigenvalue weighted by Crippen LogP contribution is 2.42. The molecular formula is C17H30N2OSi. The number of likely N-dealkylation sites (N-methyl/N-ethyl adjacent to an activating group) is 1. The molecule has 1 aromatic carbocycles. The third kappa shape index (κ3) is 3.50. The van der Waals surface area contributed by atoms with Crippen LogP contribution in [0.3, 0.4) is 0 Å². The summed E-state index contributed by atoms with van der Waals surface area (Å²) in [5.41, 5.74) is 2.17. The molecule has 0 N–H and O–H groups in total. The molecule has 1 unspecified atom stereocenters. The predicted molar refractivity (Wildman–Crippen MR) is 92.6 cm³/mol. The standard InChI is InChI=1S/C17H30N2OSi/c1-18(2)14-17(15-8-10-16(20-5)11-9-15)21(19(3)4)12-6-7-13-21/h8-11,17H,6-7,12-14H2,1-5H3. The summed E-state index contributed by atoms with van der Waals surface area (Å²) in [6.07, 6.45) is 2.81. The summed E-state index contributed by atoms with van der Waals surface area (Å²) in [7, 11) is 9.33. The molecule has 2 rings (SSSR count). The van der Waals surface area contributed by atoms with Gasteiger partial charge < -0.3 is 14.2 Å². The summed E-state index contributed by atoms with van der Waals surface area (Å²) in [6, 6.07) is 11.7. The molecule has 118 valence electrons. The Morgan fingerprint density at radius 1 is 1.05 bits per heavy atom. The lowest BCUT2D eigenvalue weighted by Crippen LogP contribution is -2.54. The van der Waals surface area contributed by atoms with Crippen molar-refractivity contribution in [2.24, 2.45) is 0 Å². The van der Waals surface area contributed by atoms with Crippen LogP contribution in [0.25, 0.3) is 0 Å². The van der Waals surface area contributed by atoms with Gasteiger partial charge in [-0.1, -0.05) is 25.0 Å². The molecule has 1 aliphatic rings. The second-order valence-corrected chi connectivity index (χ2v) is 11.6. The zero-order valence-corrected chi connectivity index (χ0v) is 15.2. The van der Waals surface area contributed by atoms with Crippen LogP contribution in [0.1, 0.15) is 23.9 Å². The van der Waals surface area contributed by atoms with E-state index in [0.717, 1.165) is 12.3 Å². The van der Waals surface area contributed by atoms with Gasteiger partial charge in [-0.15, -0.1) is 0 Å². The molecule has 3 nitrogen and oxygen atoms in total. The molecular weight excluding hydrogens is 276 g/mol. The Bertz CT molecular complexity index is 439. The minimum Gasteiger partial charge on any atom is -0.497 e. The predicted octanol–water partition coefficient (Wildman–Crippen LogP) is 3.18. The molecule has 1 heterocycles. The summed E-state index contributed by atoms with van der Waals surface area (Å²) in [5, 5.41) is 0. The second-order valence-electron chi connectivity index (χ2n) is 6.79. The van der Waals surface area contributed by atoms with Gasteiger partial charge in [0, 0.05) is 12.1 Å². The highest BCUT2D eigenvalue weighted by atomic mass is 28.3. The Morgan fingerprint density at radius 2 is 1.62 bits per heavy atom. The first-order chi connectivity index (χ1) is 9.99. The van der Waals surface area contributed by atoms with Crippen LogP contribution in [-0.4, -0.2) is 59.5 Å². The van der Waals surface area contributed by atoms with Crippen molar-refractivity contribution in [3.63, 3.8) is 0 Å². The lowest BCUT2D eigenvalue weighted by Gasteiger charge is -2.42. The van der Waals surface area contributed by atoms with Crippen LogP contribution in [0.4, 0.5) is 0 Å². The number of methoxy groups -OCH3 is 1. The van der Waals surface area contributed by atoms with Crippen LogP contribution in [0.2, 0.25) is 12.1 Å². The molecule has 0 aromatic heterocycles. The van der Waals surface area contributed by atoms with E-state index in [2.05, 4.69) is 61.9 Å². The van der Waals surface area contributed by atoms with Crippen molar-refractivity contribution < 1.29 is 4.74 Å². The smallest absolute Gasteiger partial charge is 0.136 e. The maximum absolute atomic E-state index is 5.32. The Hall–Kier alpha value is -0.843. The van der Waals surface area contributed by atoms with Crippen LogP contribution in [0.5, 0.6) is 5.75 Å². The number of benzene rings is 1. The van der Waals surface area contributed by atoms with Gasteiger partial charge in [0.15, 0.2) is 0 Å². The Kier molecular flexibility index (Phi) is 5.46. The van der Waals surface area contributed by atoms with Crippen molar-refractivity contribution >= 4 is 8.24 Å². The van der Waals surface area contributed by atoms with Crippen molar-refractivity contribution in [2.75, 3.05) is 41.8 Å². The average Bonchev–Trinajstić information content (AvgIpc) is 2.95. The minimum atomic E-state index is -1.42. The number of rotatable bonds is 6. The Labute approximate surface area is 131 Å². The molecule has 1 aliphatic heterocycles. The topological polar surface area (TPSA) is 15.7 Å². The van der Waals surface area contributed by atoms with Crippen molar-refractivity contribution in [2.45, 2.75) is 30.5 Å². The SMILES string of the molecule is COc1ccc(C(CN(C)C)[Si]2(N(C)C)CCCC2)cc1. The fourth-order valence-corrected chi connectivity index (χ4v) is 9.59. The van der Waals surface area contributed by atoms with E-state index >= 15 is 0 Å². The van der Waals surface area contributed by atoms with Crippen molar-refractivity contribution in [1.82, 2.24) is 9.47 Å². The highest BCUT2D eigenvalue weighted by molar-refractivity contribution is 6.79. The lowest BCUT2D eigenvalue weighted by molar-refractivity contribution is 0.392. The van der Waals surface area contributed by atoms with Crippen LogP contribution >= 0.6 is 0 Å². The van der Waals surface area contributed by atoms with Crippen molar-refractivity contribution in [3.8, 4) is 5.75 Å². The van der Waals surface area contributed by atoms with Gasteiger partial charge in [0.1, 0.15) is 14.0 Å². The molecule has 0 bridgehead atoms. The fourth-order valence-electron chi connectivity index (χ4n) is 3.88. The fraction of sp³-hybridized carbons (Fsp3) is 0.647. The minimum absolute atomic E-state index is 0.677. The van der Waals surface area contributed by atoms with Crippen LogP contribution in [-0.2, 0) is 0 Å². The summed E-state index contributed by atoms with van der Waals surface area (Å²) in [6.45, 7) is 1.15. The molecule has 0 radical (unpaired) electrons. The lowest BCUT2D eigenvalue weighted by atomic mass is 10.1. The summed E-state index contributed by atoms with van der Waals surface area (Å²) < 4.78 is 7.93. The molecule has 21 heavy (non-hydrogen) atoms. The van der Waals surface area contributed by atoms with Gasteiger partial charge in [0.2, 0.25) is 0 Å². The van der Waals surface area contributed by atoms with E-state index in [1.54, 1.807) is 7.11 Å². The van der Waals surface area contributed by atoms with E-state index in [-0.39, 0.29) is 0 Å². The van der Waals surface area contributed by atoms with Gasteiger partial charge >= 0.3 is 0 Å². The van der Waals surface area contributed by atoms with Crippen LogP contribution in [0, 0.1) is 0 Å². The zero-order valence-electron chi connectivity index (χ0n) is 14.2. The molecule has 0 aliphatic carbocycles. The molecule has 1 fully saturated rings. The van der Waals surface area contributed by atoms with Crippen LogP contribution in [0.15, 0.2) is 24.3 Å². The average molecular weight is 307 g/mol. The molecule has 0 spiro atoms. The number of hydrogen-bond acceptors (Lipinski definition) is 3. The summed E-state index contributed by atoms with van der Waals surface area (Å²) >= 11 is 0. The molecule has 4 heteroatoms. The van der Waals surface area contributed by atoms with Crippen LogP contribution < -0.4 is 4.74 Å². The monoisotopic (exact) mass is 306 g/mol. The highest BCUT2D eigenvalue weighted by Gasteiger charge is 2.46. The van der Waals surface area contributed by atoms with Gasteiger partial charge in [-0.2, -0.15) is 0 Å². The Morgan fingerprint density at radius 3 is 2.05 bits per heavy atom. The summed E-state index contributed by atoms with van der Waals surface area (Å²) in [5.74, 6) is 0.953. The molecule has 0 amide bonds. The second kappa shape index (κ2) is 6.94. The number of ether oxygens (including phenoxy) is 1. The third-order valence-electron chi connectivity index (χ3n) is 5.07. The van der Waals surface area contributed by atoms with E-state index in [9.17, 15) is 0 Å². The van der Waals surface area contributed by atoms with E-state index in [0.29, 0.717) is 5.54 Å². The number of hydrogen-bond donors (Lipinski definition) is 0. The van der Waals surface area contributed by atoms with Gasteiger partial charge in [0.25, 0.3) is 0 Å². The van der Waals surface area contributed by atoms with Gasteiger partial charge in [-0.3, -0.25) is 0 Å². The first kappa shape index (κ1) is 16.5. The first-order valence-corrected chi connectivity index (χ1v) is 10.4. The number of nitrogens with zero attached hydrogens (tertiary/aromatic N) is 2. The first-order valence-electron chi connectivity index (χ1n) is 7.96. The van der Waals surface area contributed by atoms with Gasteiger partial charge in [0.05, 0.1) is 7.11 Å². The Balaban J connectivity index is 2.36. The van der Waals surface area contributed by atoms with Gasteiger partial charge in [-0.05, 0) is 58.0 Å². The van der Waals surface area contributed by atoms with E-state index in [4.69, 9.17) is 4.74 Å². The molecule has 1 atom stereocenters. The largest absolute Gasteiger partial charge is 0.497 e. The quantitative estimate of drug-likeness (QED) is 0.751. The van der Waals surface area contributed by atoms with E-state index in [1.165, 1.54) is 30.5 Å². The van der Waals surface area contributed by atoms with Gasteiger partial charge in [-0.25, -0.2) is 0 Å². The van der Waals surface area contributed by atoms with Crippen molar-refractivity contribution in [3.05, 3.63) is 29.8 Å². The third-order valence-corrected chi connectivity index (χ3v) is 11.1. The molecule has 0 saturated carbocycles. The van der Waals surface area contributed by atoms with E-state index in [1.807, 2.05) is 0 Å². The maximum Gasteiger partial charge on any atom is 0.136 e. The summed E-state index contributed by atoms with van der Waals surface area (Å²) in [4.78, 5) is 2.35. The zero-order chi connectivity index (χ0) is 15.5.